The summed E-state index contributed by atoms with van der Waals surface area (Å²) < 4.78 is 14.4. The standard InChI is InChI=1S/3C21H18N2O5/c3*1-28-21(25)19(13-14-9-11-16(12-10-14)23(26)27)22-20(24)18-8-4-6-15-5-2-3-7-17(15)18/h3*2-12,19H,13H2,1H3,(H,22,24)/t3*19-/m000/s1. The first-order valence-corrected chi connectivity index (χ1v) is 25.8. The van der Waals surface area contributed by atoms with E-state index in [1.165, 1.54) is 57.7 Å². The molecule has 3 atom stereocenters. The zero-order chi connectivity index (χ0) is 60.3. The van der Waals surface area contributed by atoms with Crippen LogP contribution in [-0.4, -0.2) is 89.9 Å². The van der Waals surface area contributed by atoms with Crippen molar-refractivity contribution < 1.29 is 57.7 Å². The number of esters is 3. The van der Waals surface area contributed by atoms with Gasteiger partial charge in [-0.1, -0.05) is 146 Å². The first kappa shape index (κ1) is 60.4. The number of nitrogens with zero attached hydrogens (tertiary/aromatic N) is 3. The van der Waals surface area contributed by atoms with Gasteiger partial charge in [-0.3, -0.25) is 44.7 Å². The predicted octanol–water partition coefficient (Wildman–Crippen LogP) is 9.79. The number of rotatable bonds is 18. The molecule has 0 aliphatic carbocycles. The fourth-order valence-electron chi connectivity index (χ4n) is 8.95. The van der Waals surface area contributed by atoms with Crippen LogP contribution in [0.2, 0.25) is 0 Å². The Morgan fingerprint density at radius 3 is 0.798 bits per heavy atom. The predicted molar refractivity (Wildman–Crippen MR) is 312 cm³/mol. The van der Waals surface area contributed by atoms with E-state index in [1.54, 1.807) is 72.8 Å². The van der Waals surface area contributed by atoms with Crippen molar-refractivity contribution in [2.45, 2.75) is 37.4 Å². The van der Waals surface area contributed by atoms with Gasteiger partial charge in [-0.05, 0) is 67.2 Å². The molecule has 0 saturated carbocycles. The maximum absolute atomic E-state index is 12.8. The molecule has 0 saturated heterocycles. The number of amides is 3. The molecule has 21 heteroatoms. The highest BCUT2D eigenvalue weighted by Crippen LogP contribution is 2.23. The minimum Gasteiger partial charge on any atom is -0.467 e. The molecule has 0 radical (unpaired) electrons. The molecule has 9 aromatic rings. The highest BCUT2D eigenvalue weighted by atomic mass is 16.6. The van der Waals surface area contributed by atoms with Crippen LogP contribution in [0, 0.1) is 30.3 Å². The molecule has 0 aliphatic rings. The molecule has 84 heavy (non-hydrogen) atoms. The van der Waals surface area contributed by atoms with Crippen LogP contribution in [0.15, 0.2) is 200 Å². The summed E-state index contributed by atoms with van der Waals surface area (Å²) >= 11 is 0. The van der Waals surface area contributed by atoms with Crippen molar-refractivity contribution in [1.82, 2.24) is 16.0 Å². The zero-order valence-corrected chi connectivity index (χ0v) is 45.4. The molecule has 0 unspecified atom stereocenters. The summed E-state index contributed by atoms with van der Waals surface area (Å²) in [6, 6.07) is 53.2. The topological polar surface area (TPSA) is 296 Å². The summed E-state index contributed by atoms with van der Waals surface area (Å²) in [6.07, 6.45) is 0.462. The molecule has 426 valence electrons. The average Bonchev–Trinajstić information content (AvgIpc) is 3.72. The summed E-state index contributed by atoms with van der Waals surface area (Å²) in [5.41, 5.74) is 3.23. The molecule has 3 N–H and O–H groups in total. The number of carbonyl (C=O) groups excluding carboxylic acids is 6. The van der Waals surface area contributed by atoms with E-state index in [2.05, 4.69) is 16.0 Å². The first-order valence-electron chi connectivity index (χ1n) is 25.8. The van der Waals surface area contributed by atoms with E-state index in [0.29, 0.717) is 33.4 Å². The summed E-state index contributed by atoms with van der Waals surface area (Å²) in [5, 5.41) is 45.6. The molecule has 9 rings (SSSR count). The van der Waals surface area contributed by atoms with Crippen molar-refractivity contribution in [1.29, 1.82) is 0 Å². The van der Waals surface area contributed by atoms with Crippen LogP contribution >= 0.6 is 0 Å². The molecule has 0 spiro atoms. The minimum absolute atomic E-state index is 0.0434. The average molecular weight is 1140 g/mol. The van der Waals surface area contributed by atoms with E-state index in [1.807, 2.05) is 91.0 Å². The highest BCUT2D eigenvalue weighted by Gasteiger charge is 2.27. The first-order chi connectivity index (χ1) is 40.5. The van der Waals surface area contributed by atoms with Crippen LogP contribution in [0.3, 0.4) is 0 Å². The Hall–Kier alpha value is -11.2. The van der Waals surface area contributed by atoms with Crippen molar-refractivity contribution >= 4 is 85.0 Å². The number of hydrogen-bond donors (Lipinski definition) is 3. The van der Waals surface area contributed by atoms with Gasteiger partial charge in [-0.25, -0.2) is 14.4 Å². The molecular weight excluding hydrogens is 1080 g/mol. The van der Waals surface area contributed by atoms with Crippen molar-refractivity contribution in [2.75, 3.05) is 21.3 Å². The number of non-ortho nitro benzene ring substituents is 3. The summed E-state index contributed by atoms with van der Waals surface area (Å²) in [4.78, 5) is 106. The Bertz CT molecular complexity index is 3480. The Balaban J connectivity index is 0.000000181. The fourth-order valence-corrected chi connectivity index (χ4v) is 8.95. The third-order valence-electron chi connectivity index (χ3n) is 13.2. The van der Waals surface area contributed by atoms with E-state index in [9.17, 15) is 59.1 Å². The molecule has 0 heterocycles. The van der Waals surface area contributed by atoms with Crippen molar-refractivity contribution in [3.8, 4) is 0 Å². The third-order valence-corrected chi connectivity index (χ3v) is 13.2. The SMILES string of the molecule is COC(=O)[C@H](Cc1ccc([N+](=O)[O-])cc1)NC(=O)c1cccc2ccccc12.COC(=O)[C@H](Cc1ccc([N+](=O)[O-])cc1)NC(=O)c1cccc2ccccc12.COC(=O)[C@H](Cc1ccc([N+](=O)[O-])cc1)NC(=O)c1cccc2ccccc12. The molecule has 0 fully saturated rings. The van der Waals surface area contributed by atoms with E-state index >= 15 is 0 Å². The van der Waals surface area contributed by atoms with Gasteiger partial charge >= 0.3 is 17.9 Å². The number of nitro groups is 3. The smallest absolute Gasteiger partial charge is 0.328 e. The molecule has 9 aromatic carbocycles. The quantitative estimate of drug-likeness (QED) is 0.0312. The van der Waals surface area contributed by atoms with E-state index < -0.39 is 68.5 Å². The highest BCUT2D eigenvalue weighted by molar-refractivity contribution is 6.10. The van der Waals surface area contributed by atoms with Crippen LogP contribution in [0.4, 0.5) is 17.1 Å². The molecule has 3 amide bonds. The van der Waals surface area contributed by atoms with Crippen LogP contribution < -0.4 is 16.0 Å². The lowest BCUT2D eigenvalue weighted by molar-refractivity contribution is -0.385. The molecule has 0 aromatic heterocycles. The van der Waals surface area contributed by atoms with E-state index in [-0.39, 0.29) is 36.3 Å². The van der Waals surface area contributed by atoms with Crippen molar-refractivity contribution in [2.24, 2.45) is 0 Å². The second-order valence-corrected chi connectivity index (χ2v) is 18.6. The minimum atomic E-state index is -0.919. The number of ether oxygens (including phenoxy) is 3. The van der Waals surface area contributed by atoms with Crippen molar-refractivity contribution in [3.05, 3.63) is 264 Å². The third kappa shape index (κ3) is 15.8. The maximum Gasteiger partial charge on any atom is 0.328 e. The lowest BCUT2D eigenvalue weighted by Crippen LogP contribution is -2.43. The van der Waals surface area contributed by atoms with Gasteiger partial charge in [0.25, 0.3) is 34.8 Å². The summed E-state index contributed by atoms with van der Waals surface area (Å²) in [5.74, 6) is -2.96. The number of carbonyl (C=O) groups is 6. The van der Waals surface area contributed by atoms with Crippen LogP contribution in [-0.2, 0) is 47.9 Å². The van der Waals surface area contributed by atoms with Gasteiger partial charge in [0.05, 0.1) is 36.1 Å². The monoisotopic (exact) mass is 1130 g/mol. The van der Waals surface area contributed by atoms with Gasteiger partial charge < -0.3 is 30.2 Å². The fraction of sp³-hybridized carbons (Fsp3) is 0.143. The Morgan fingerprint density at radius 1 is 0.345 bits per heavy atom. The lowest BCUT2D eigenvalue weighted by Gasteiger charge is -2.17. The van der Waals surface area contributed by atoms with Crippen LogP contribution in [0.25, 0.3) is 32.3 Å². The normalized spacial score (nSPS) is 11.6. The van der Waals surface area contributed by atoms with Gasteiger partial charge in [0.2, 0.25) is 0 Å². The summed E-state index contributed by atoms with van der Waals surface area (Å²) in [7, 11) is 3.74. The molecule has 0 aliphatic heterocycles. The van der Waals surface area contributed by atoms with Gasteiger partial charge in [0.1, 0.15) is 18.1 Å². The van der Waals surface area contributed by atoms with Crippen LogP contribution in [0.5, 0.6) is 0 Å². The molecule has 0 bridgehead atoms. The van der Waals surface area contributed by atoms with Crippen molar-refractivity contribution in [3.63, 3.8) is 0 Å². The van der Waals surface area contributed by atoms with Gasteiger partial charge in [-0.15, -0.1) is 0 Å². The Kier molecular flexibility index (Phi) is 20.7. The van der Waals surface area contributed by atoms with E-state index in [0.717, 1.165) is 32.3 Å². The molecule has 21 nitrogen and oxygen atoms in total. The lowest BCUT2D eigenvalue weighted by atomic mass is 10.0. The summed E-state index contributed by atoms with van der Waals surface area (Å²) in [6.45, 7) is 0. The second kappa shape index (κ2) is 28.8. The van der Waals surface area contributed by atoms with Gasteiger partial charge in [-0.2, -0.15) is 0 Å². The number of nitrogens with one attached hydrogen (secondary N) is 3. The van der Waals surface area contributed by atoms with E-state index in [4.69, 9.17) is 14.2 Å². The number of nitro benzene ring substituents is 3. The maximum atomic E-state index is 12.8. The Morgan fingerprint density at radius 2 is 0.571 bits per heavy atom. The number of benzene rings is 9. The van der Waals surface area contributed by atoms with Crippen LogP contribution in [0.1, 0.15) is 47.8 Å². The van der Waals surface area contributed by atoms with Gasteiger partial charge in [0, 0.05) is 72.4 Å². The number of hydrogen-bond acceptors (Lipinski definition) is 15. The largest absolute Gasteiger partial charge is 0.467 e. The zero-order valence-electron chi connectivity index (χ0n) is 45.4. The number of fused-ring (bicyclic) bond motifs is 3. The second-order valence-electron chi connectivity index (χ2n) is 18.6. The number of methoxy groups -OCH3 is 3. The van der Waals surface area contributed by atoms with Gasteiger partial charge in [0.15, 0.2) is 0 Å². The Labute approximate surface area is 479 Å². The molecular formula is C63H54N6O15.